The van der Waals surface area contributed by atoms with Crippen LogP contribution in [0.4, 0.5) is 0 Å². The van der Waals surface area contributed by atoms with Crippen LogP contribution in [0.3, 0.4) is 0 Å². The monoisotopic (exact) mass is 481 g/mol. The van der Waals surface area contributed by atoms with Crippen LogP contribution in [0.5, 0.6) is 0 Å². The molecular weight excluding hydrogens is 454 g/mol. The molecule has 5 aliphatic rings. The Morgan fingerprint density at radius 3 is 2.25 bits per heavy atom. The maximum Gasteiger partial charge on any atom is 0.338 e. The number of morpholine rings is 1. The molecule has 1 aromatic carbocycles. The number of Topliss-reactive ketones (excluding diaryl/α,β-unsaturated/α-hetero) is 1. The zero-order valence-electron chi connectivity index (χ0n) is 17.9. The number of hydrogen-bond acceptors (Lipinski definition) is 6. The zero-order valence-corrected chi connectivity index (χ0v) is 19.5. The van der Waals surface area contributed by atoms with Crippen LogP contribution in [-0.4, -0.2) is 57.4 Å². The number of esters is 1. The van der Waals surface area contributed by atoms with Crippen LogP contribution >= 0.6 is 11.6 Å². The molecule has 9 heteroatoms. The first-order chi connectivity index (χ1) is 15.3. The summed E-state index contributed by atoms with van der Waals surface area (Å²) in [6.07, 6.45) is 6.45. The van der Waals surface area contributed by atoms with Gasteiger partial charge < -0.3 is 9.47 Å². The van der Waals surface area contributed by atoms with Crippen molar-refractivity contribution in [2.24, 2.45) is 23.2 Å². The fourth-order valence-corrected chi connectivity index (χ4v) is 8.48. The van der Waals surface area contributed by atoms with E-state index in [1.807, 2.05) is 0 Å². The Hall–Kier alpha value is -1.48. The van der Waals surface area contributed by atoms with Crippen LogP contribution in [0.2, 0.25) is 5.02 Å². The van der Waals surface area contributed by atoms with Crippen LogP contribution in [0.1, 0.15) is 48.9 Å². The molecule has 4 saturated carbocycles. The molecule has 6 rings (SSSR count). The first-order valence-corrected chi connectivity index (χ1v) is 13.2. The van der Waals surface area contributed by atoms with Crippen molar-refractivity contribution in [3.8, 4) is 0 Å². The molecule has 0 atom stereocenters. The van der Waals surface area contributed by atoms with Gasteiger partial charge in [0, 0.05) is 18.5 Å². The largest absolute Gasteiger partial charge is 0.454 e. The molecule has 0 aromatic heterocycles. The summed E-state index contributed by atoms with van der Waals surface area (Å²) in [5.41, 5.74) is -0.264. The summed E-state index contributed by atoms with van der Waals surface area (Å²) in [5, 5.41) is 0.0395. The van der Waals surface area contributed by atoms with E-state index in [1.54, 1.807) is 0 Å². The summed E-state index contributed by atoms with van der Waals surface area (Å²) in [5.74, 6) is 1.19. The number of carbonyl (C=O) groups is 2. The predicted molar refractivity (Wildman–Crippen MR) is 117 cm³/mol. The van der Waals surface area contributed by atoms with Crippen molar-refractivity contribution in [3.05, 3.63) is 28.8 Å². The fraction of sp³-hybridized carbons (Fsp3) is 0.652. The molecule has 1 aliphatic heterocycles. The SMILES string of the molecule is O=C(OCC(=O)C12CC3CC(CC(C3)C1)C2)c1ccc(Cl)c(S(=O)(=O)N2CCOCC2)c1. The van der Waals surface area contributed by atoms with E-state index in [4.69, 9.17) is 21.1 Å². The van der Waals surface area contributed by atoms with E-state index >= 15 is 0 Å². The highest BCUT2D eigenvalue weighted by Crippen LogP contribution is 2.60. The van der Waals surface area contributed by atoms with Gasteiger partial charge >= 0.3 is 5.97 Å². The number of hydrogen-bond donors (Lipinski definition) is 0. The zero-order chi connectivity index (χ0) is 22.5. The van der Waals surface area contributed by atoms with Gasteiger partial charge in [-0.1, -0.05) is 11.6 Å². The first kappa shape index (κ1) is 22.3. The third kappa shape index (κ3) is 4.00. The van der Waals surface area contributed by atoms with Gasteiger partial charge in [-0.15, -0.1) is 0 Å². The average molecular weight is 482 g/mol. The van der Waals surface area contributed by atoms with E-state index in [-0.39, 0.29) is 46.4 Å². The topological polar surface area (TPSA) is 90.0 Å². The summed E-state index contributed by atoms with van der Waals surface area (Å²) < 4.78 is 37.9. The molecule has 4 bridgehead atoms. The van der Waals surface area contributed by atoms with Gasteiger partial charge in [0.15, 0.2) is 12.4 Å². The lowest BCUT2D eigenvalue weighted by atomic mass is 9.48. The number of halogens is 1. The lowest BCUT2D eigenvalue weighted by Crippen LogP contribution is -2.51. The lowest BCUT2D eigenvalue weighted by Gasteiger charge is -2.55. The minimum Gasteiger partial charge on any atom is -0.454 e. The number of benzene rings is 1. The molecule has 1 aromatic rings. The summed E-state index contributed by atoms with van der Waals surface area (Å²) >= 11 is 6.17. The maximum atomic E-state index is 13.1. The highest BCUT2D eigenvalue weighted by molar-refractivity contribution is 7.89. The van der Waals surface area contributed by atoms with Gasteiger partial charge in [0.2, 0.25) is 10.0 Å². The number of rotatable bonds is 6. The lowest BCUT2D eigenvalue weighted by molar-refractivity contribution is -0.147. The quantitative estimate of drug-likeness (QED) is 0.579. The van der Waals surface area contributed by atoms with Gasteiger partial charge in [-0.25, -0.2) is 13.2 Å². The standard InChI is InChI=1S/C23H28ClNO6S/c24-19-2-1-18(10-20(19)32(28,29)25-3-5-30-6-4-25)22(27)31-14-21(26)23-11-15-7-16(12-23)9-17(8-15)13-23/h1-2,10,15-17H,3-9,11-14H2. The molecule has 1 saturated heterocycles. The third-order valence-corrected chi connectivity index (χ3v) is 10.1. The molecule has 1 heterocycles. The maximum absolute atomic E-state index is 13.1. The Bertz CT molecular complexity index is 998. The second kappa shape index (κ2) is 8.38. The average Bonchev–Trinajstić information content (AvgIpc) is 2.77. The van der Waals surface area contributed by atoms with E-state index in [0.29, 0.717) is 31.0 Å². The highest BCUT2D eigenvalue weighted by Gasteiger charge is 2.54. The van der Waals surface area contributed by atoms with Crippen molar-refractivity contribution in [2.45, 2.75) is 43.4 Å². The summed E-state index contributed by atoms with van der Waals surface area (Å²) in [4.78, 5) is 25.7. The molecule has 0 spiro atoms. The van der Waals surface area contributed by atoms with Gasteiger partial charge in [-0.2, -0.15) is 4.31 Å². The van der Waals surface area contributed by atoms with Crippen LogP contribution < -0.4 is 0 Å². The Balaban J connectivity index is 1.28. The normalized spacial score (nSPS) is 32.1. The van der Waals surface area contributed by atoms with Crippen molar-refractivity contribution in [1.29, 1.82) is 0 Å². The number of nitrogens with zero attached hydrogens (tertiary/aromatic N) is 1. The molecular formula is C23H28ClNO6S. The predicted octanol–water partition coefficient (Wildman–Crippen LogP) is 3.30. The minimum absolute atomic E-state index is 0.0140. The number of sulfonamides is 1. The van der Waals surface area contributed by atoms with Gasteiger partial charge in [-0.05, 0) is 74.5 Å². The van der Waals surface area contributed by atoms with Crippen molar-refractivity contribution < 1.29 is 27.5 Å². The van der Waals surface area contributed by atoms with E-state index in [2.05, 4.69) is 0 Å². The first-order valence-electron chi connectivity index (χ1n) is 11.3. The Labute approximate surface area is 193 Å². The van der Waals surface area contributed by atoms with Crippen molar-refractivity contribution in [1.82, 2.24) is 4.31 Å². The van der Waals surface area contributed by atoms with E-state index in [1.165, 1.54) is 41.8 Å². The van der Waals surface area contributed by atoms with Crippen molar-refractivity contribution in [2.75, 3.05) is 32.9 Å². The summed E-state index contributed by atoms with van der Waals surface area (Å²) in [7, 11) is -3.86. The second-order valence-corrected chi connectivity index (χ2v) is 12.2. The highest BCUT2D eigenvalue weighted by atomic mass is 35.5. The molecule has 4 aliphatic carbocycles. The molecule has 0 amide bonds. The smallest absolute Gasteiger partial charge is 0.338 e. The van der Waals surface area contributed by atoms with E-state index < -0.39 is 16.0 Å². The molecule has 0 radical (unpaired) electrons. The van der Waals surface area contributed by atoms with Gasteiger partial charge in [-0.3, -0.25) is 4.79 Å². The number of ether oxygens (including phenoxy) is 2. The van der Waals surface area contributed by atoms with Crippen LogP contribution in [-0.2, 0) is 24.3 Å². The fourth-order valence-electron chi connectivity index (χ4n) is 6.57. The number of carbonyl (C=O) groups excluding carboxylic acids is 2. The van der Waals surface area contributed by atoms with E-state index in [0.717, 1.165) is 19.3 Å². The van der Waals surface area contributed by atoms with Crippen LogP contribution in [0.25, 0.3) is 0 Å². The van der Waals surface area contributed by atoms with Gasteiger partial charge in [0.25, 0.3) is 0 Å². The van der Waals surface area contributed by atoms with Gasteiger partial charge in [0.05, 0.1) is 23.8 Å². The second-order valence-electron chi connectivity index (χ2n) is 9.86. The Morgan fingerprint density at radius 1 is 1.06 bits per heavy atom. The number of ketones is 1. The Kier molecular flexibility index (Phi) is 5.85. The van der Waals surface area contributed by atoms with Crippen molar-refractivity contribution >= 4 is 33.4 Å². The van der Waals surface area contributed by atoms with Crippen molar-refractivity contribution in [3.63, 3.8) is 0 Å². The molecule has 0 unspecified atom stereocenters. The molecule has 174 valence electrons. The molecule has 7 nitrogen and oxygen atoms in total. The summed E-state index contributed by atoms with van der Waals surface area (Å²) in [6.45, 7) is 0.814. The summed E-state index contributed by atoms with van der Waals surface area (Å²) in [6, 6.07) is 4.05. The third-order valence-electron chi connectivity index (χ3n) is 7.72. The molecule has 5 fully saturated rings. The Morgan fingerprint density at radius 2 is 1.66 bits per heavy atom. The van der Waals surface area contributed by atoms with Crippen LogP contribution in [0.15, 0.2) is 23.1 Å². The van der Waals surface area contributed by atoms with Gasteiger partial charge in [0.1, 0.15) is 4.90 Å². The molecule has 0 N–H and O–H groups in total. The molecule has 32 heavy (non-hydrogen) atoms. The minimum atomic E-state index is -3.86. The van der Waals surface area contributed by atoms with Crippen LogP contribution in [0, 0.1) is 23.2 Å². The van der Waals surface area contributed by atoms with E-state index in [9.17, 15) is 18.0 Å².